The van der Waals surface area contributed by atoms with Gasteiger partial charge >= 0.3 is 5.97 Å². The minimum absolute atomic E-state index is 0.00231. The van der Waals surface area contributed by atoms with Crippen molar-refractivity contribution in [2.75, 3.05) is 6.61 Å². The van der Waals surface area contributed by atoms with Crippen molar-refractivity contribution >= 4 is 5.97 Å². The van der Waals surface area contributed by atoms with E-state index in [1.807, 2.05) is 0 Å². The zero-order chi connectivity index (χ0) is 17.7. The first-order chi connectivity index (χ1) is 11.8. The van der Waals surface area contributed by atoms with Crippen LogP contribution in [0.4, 0.5) is 0 Å². The van der Waals surface area contributed by atoms with Gasteiger partial charge in [0, 0.05) is 6.42 Å². The van der Waals surface area contributed by atoms with Crippen molar-refractivity contribution in [2.45, 2.75) is 117 Å². The molecule has 0 N–H and O–H groups in total. The molecule has 0 unspecified atom stereocenters. The Balaban J connectivity index is 3.18. The Morgan fingerprint density at radius 2 is 1.17 bits per heavy atom. The van der Waals surface area contributed by atoms with Gasteiger partial charge in [-0.05, 0) is 38.5 Å². The minimum Gasteiger partial charge on any atom is -0.466 e. The number of rotatable bonds is 18. The summed E-state index contributed by atoms with van der Waals surface area (Å²) < 4.78 is 5.25. The molecule has 0 amide bonds. The van der Waals surface area contributed by atoms with Gasteiger partial charge in [0.2, 0.25) is 0 Å². The normalized spacial score (nSPS) is 11.2. The quantitative estimate of drug-likeness (QED) is 0.148. The van der Waals surface area contributed by atoms with Gasteiger partial charge < -0.3 is 4.74 Å². The van der Waals surface area contributed by atoms with Crippen molar-refractivity contribution in [3.8, 4) is 0 Å². The smallest absolute Gasteiger partial charge is 0.305 e. The Morgan fingerprint density at radius 1 is 0.667 bits per heavy atom. The number of unbranched alkanes of at least 4 members (excludes halogenated alkanes) is 12. The predicted octanol–water partition coefficient (Wildman–Crippen LogP) is 7.37. The highest BCUT2D eigenvalue weighted by Crippen LogP contribution is 2.09. The van der Waals surface area contributed by atoms with E-state index in [4.69, 9.17) is 4.74 Å². The molecule has 0 aromatic heterocycles. The summed E-state index contributed by atoms with van der Waals surface area (Å²) in [5, 5.41) is 0. The largest absolute Gasteiger partial charge is 0.466 e. The predicted molar refractivity (Wildman–Crippen MR) is 105 cm³/mol. The Kier molecular flexibility index (Phi) is 19.6. The lowest BCUT2D eigenvalue weighted by atomic mass is 10.1. The Hall–Kier alpha value is -0.790. The number of esters is 1. The highest BCUT2D eigenvalue weighted by molar-refractivity contribution is 5.69. The van der Waals surface area contributed by atoms with Gasteiger partial charge in [-0.15, -0.1) is 0 Å². The molecule has 142 valence electrons. The van der Waals surface area contributed by atoms with E-state index in [1.54, 1.807) is 0 Å². The monoisotopic (exact) mass is 338 g/mol. The molecule has 0 rings (SSSR count). The van der Waals surface area contributed by atoms with Crippen LogP contribution in [0.25, 0.3) is 0 Å². The number of hydrogen-bond donors (Lipinski definition) is 0. The maximum Gasteiger partial charge on any atom is 0.305 e. The lowest BCUT2D eigenvalue weighted by Gasteiger charge is -2.04. The SMILES string of the molecule is CCCCCCC=CCCCCCCCC(=O)OCCCCCC. The molecule has 0 fully saturated rings. The molecule has 0 radical (unpaired) electrons. The number of carbonyl (C=O) groups excluding carboxylic acids is 1. The molecule has 0 spiro atoms. The van der Waals surface area contributed by atoms with E-state index in [9.17, 15) is 4.79 Å². The van der Waals surface area contributed by atoms with Gasteiger partial charge in [-0.1, -0.05) is 83.8 Å². The molecule has 24 heavy (non-hydrogen) atoms. The summed E-state index contributed by atoms with van der Waals surface area (Å²) in [4.78, 5) is 11.5. The standard InChI is InChI=1S/C22H42O2/c1-3-5-7-9-10-11-12-13-14-15-16-17-18-20-22(23)24-21-19-8-6-4-2/h11-12H,3-10,13-21H2,1-2H3. The summed E-state index contributed by atoms with van der Waals surface area (Å²) in [6, 6.07) is 0. The molecule has 2 heteroatoms. The van der Waals surface area contributed by atoms with E-state index in [0.717, 1.165) is 19.3 Å². The first-order valence-electron chi connectivity index (χ1n) is 10.6. The molecule has 0 bridgehead atoms. The summed E-state index contributed by atoms with van der Waals surface area (Å²) in [5.41, 5.74) is 0. The van der Waals surface area contributed by atoms with Crippen LogP contribution in [0.3, 0.4) is 0 Å². The van der Waals surface area contributed by atoms with Crippen molar-refractivity contribution < 1.29 is 9.53 Å². The molecule has 0 aromatic carbocycles. The second-order valence-electron chi connectivity index (χ2n) is 6.91. The van der Waals surface area contributed by atoms with Crippen LogP contribution in [0, 0.1) is 0 Å². The second-order valence-corrected chi connectivity index (χ2v) is 6.91. The van der Waals surface area contributed by atoms with Gasteiger partial charge in [-0.3, -0.25) is 4.79 Å². The third-order valence-corrected chi connectivity index (χ3v) is 4.40. The second kappa shape index (κ2) is 20.3. The number of hydrogen-bond acceptors (Lipinski definition) is 2. The van der Waals surface area contributed by atoms with Crippen LogP contribution in [0.15, 0.2) is 12.2 Å². The zero-order valence-electron chi connectivity index (χ0n) is 16.5. The molecule has 0 saturated carbocycles. The Morgan fingerprint density at radius 3 is 1.79 bits per heavy atom. The fraction of sp³-hybridized carbons (Fsp3) is 0.864. The highest BCUT2D eigenvalue weighted by atomic mass is 16.5. The van der Waals surface area contributed by atoms with Gasteiger partial charge in [-0.2, -0.15) is 0 Å². The van der Waals surface area contributed by atoms with Crippen LogP contribution in [-0.2, 0) is 9.53 Å². The number of carbonyl (C=O) groups is 1. The molecule has 0 aliphatic carbocycles. The number of allylic oxidation sites excluding steroid dienone is 2. The van der Waals surface area contributed by atoms with Crippen LogP contribution in [0.1, 0.15) is 117 Å². The molecule has 0 aliphatic heterocycles. The highest BCUT2D eigenvalue weighted by Gasteiger charge is 2.02. The Bertz CT molecular complexity index is 284. The molecule has 0 aromatic rings. The average molecular weight is 339 g/mol. The molecular formula is C22H42O2. The van der Waals surface area contributed by atoms with E-state index >= 15 is 0 Å². The lowest BCUT2D eigenvalue weighted by Crippen LogP contribution is -2.05. The van der Waals surface area contributed by atoms with E-state index in [2.05, 4.69) is 26.0 Å². The van der Waals surface area contributed by atoms with Gasteiger partial charge in [0.1, 0.15) is 0 Å². The molecule has 0 heterocycles. The van der Waals surface area contributed by atoms with Crippen molar-refractivity contribution in [1.29, 1.82) is 0 Å². The molecule has 0 saturated heterocycles. The van der Waals surface area contributed by atoms with Gasteiger partial charge in [0.25, 0.3) is 0 Å². The van der Waals surface area contributed by atoms with E-state index in [0.29, 0.717) is 13.0 Å². The van der Waals surface area contributed by atoms with Crippen LogP contribution in [0.5, 0.6) is 0 Å². The summed E-state index contributed by atoms with van der Waals surface area (Å²) in [6.07, 6.45) is 23.8. The van der Waals surface area contributed by atoms with E-state index < -0.39 is 0 Å². The van der Waals surface area contributed by atoms with E-state index in [-0.39, 0.29) is 5.97 Å². The molecule has 2 nitrogen and oxygen atoms in total. The lowest BCUT2D eigenvalue weighted by molar-refractivity contribution is -0.143. The zero-order valence-corrected chi connectivity index (χ0v) is 16.5. The van der Waals surface area contributed by atoms with Gasteiger partial charge in [-0.25, -0.2) is 0 Å². The average Bonchev–Trinajstić information content (AvgIpc) is 2.59. The first kappa shape index (κ1) is 23.2. The maximum absolute atomic E-state index is 11.5. The first-order valence-corrected chi connectivity index (χ1v) is 10.6. The summed E-state index contributed by atoms with van der Waals surface area (Å²) in [7, 11) is 0. The molecule has 0 aliphatic rings. The van der Waals surface area contributed by atoms with Crippen molar-refractivity contribution in [3.05, 3.63) is 12.2 Å². The van der Waals surface area contributed by atoms with E-state index in [1.165, 1.54) is 77.0 Å². The van der Waals surface area contributed by atoms with Crippen LogP contribution < -0.4 is 0 Å². The van der Waals surface area contributed by atoms with Crippen LogP contribution in [0.2, 0.25) is 0 Å². The molecule has 0 atom stereocenters. The summed E-state index contributed by atoms with van der Waals surface area (Å²) in [6.45, 7) is 5.06. The van der Waals surface area contributed by atoms with Gasteiger partial charge in [0.15, 0.2) is 0 Å². The van der Waals surface area contributed by atoms with Crippen molar-refractivity contribution in [3.63, 3.8) is 0 Å². The Labute approximate surface area is 151 Å². The summed E-state index contributed by atoms with van der Waals surface area (Å²) >= 11 is 0. The third-order valence-electron chi connectivity index (χ3n) is 4.40. The third kappa shape index (κ3) is 19.3. The van der Waals surface area contributed by atoms with Crippen molar-refractivity contribution in [1.82, 2.24) is 0 Å². The summed E-state index contributed by atoms with van der Waals surface area (Å²) in [5.74, 6) is -0.00231. The fourth-order valence-corrected chi connectivity index (χ4v) is 2.77. The molecular weight excluding hydrogens is 296 g/mol. The topological polar surface area (TPSA) is 26.3 Å². The minimum atomic E-state index is -0.00231. The maximum atomic E-state index is 11.5. The fourth-order valence-electron chi connectivity index (χ4n) is 2.77. The number of ether oxygens (including phenoxy) is 1. The van der Waals surface area contributed by atoms with Crippen molar-refractivity contribution in [2.24, 2.45) is 0 Å². The van der Waals surface area contributed by atoms with Gasteiger partial charge in [0.05, 0.1) is 6.61 Å². The van der Waals surface area contributed by atoms with Crippen LogP contribution >= 0.6 is 0 Å². The van der Waals surface area contributed by atoms with Crippen LogP contribution in [-0.4, -0.2) is 12.6 Å².